The molecule has 0 radical (unpaired) electrons. The largest absolute Gasteiger partial charge is 0.348 e. The molecular formula is C20H26N2O2. The van der Waals surface area contributed by atoms with Crippen LogP contribution < -0.4 is 5.32 Å². The summed E-state index contributed by atoms with van der Waals surface area (Å²) < 4.78 is 0. The van der Waals surface area contributed by atoms with Crippen LogP contribution in [0.25, 0.3) is 0 Å². The molecule has 3 rings (SSSR count). The van der Waals surface area contributed by atoms with Gasteiger partial charge in [0.2, 0.25) is 5.91 Å². The van der Waals surface area contributed by atoms with Crippen molar-refractivity contribution >= 4 is 17.4 Å². The number of amides is 1. The van der Waals surface area contributed by atoms with Gasteiger partial charge in [-0.05, 0) is 50.9 Å². The van der Waals surface area contributed by atoms with E-state index in [9.17, 15) is 9.59 Å². The molecule has 24 heavy (non-hydrogen) atoms. The topological polar surface area (TPSA) is 70.0 Å². The van der Waals surface area contributed by atoms with E-state index in [4.69, 9.17) is 5.41 Å². The van der Waals surface area contributed by atoms with Crippen molar-refractivity contribution in [3.8, 4) is 0 Å². The maximum Gasteiger partial charge on any atom is 0.232 e. The summed E-state index contributed by atoms with van der Waals surface area (Å²) >= 11 is 0. The van der Waals surface area contributed by atoms with Crippen molar-refractivity contribution in [2.75, 3.05) is 6.54 Å². The second-order valence-electron chi connectivity index (χ2n) is 7.58. The number of carbonyl (C=O) groups excluding carboxylic acids is 2. The molecule has 4 atom stereocenters. The fourth-order valence-corrected chi connectivity index (χ4v) is 4.64. The minimum absolute atomic E-state index is 0.00741. The summed E-state index contributed by atoms with van der Waals surface area (Å²) in [7, 11) is 0. The smallest absolute Gasteiger partial charge is 0.232 e. The Kier molecular flexibility index (Phi) is 4.57. The van der Waals surface area contributed by atoms with Gasteiger partial charge < -0.3 is 10.7 Å². The molecule has 4 nitrogen and oxygen atoms in total. The van der Waals surface area contributed by atoms with Crippen molar-refractivity contribution in [3.05, 3.63) is 35.9 Å². The van der Waals surface area contributed by atoms with Crippen LogP contribution in [-0.4, -0.2) is 23.9 Å². The zero-order valence-corrected chi connectivity index (χ0v) is 14.5. The Morgan fingerprint density at radius 2 is 1.92 bits per heavy atom. The summed E-state index contributed by atoms with van der Waals surface area (Å²) in [5.74, 6) is 1.24. The quantitative estimate of drug-likeness (QED) is 0.621. The average molecular weight is 326 g/mol. The maximum absolute atomic E-state index is 12.9. The van der Waals surface area contributed by atoms with Crippen LogP contribution in [0.5, 0.6) is 0 Å². The maximum atomic E-state index is 12.9. The highest BCUT2D eigenvalue weighted by Crippen LogP contribution is 2.55. The van der Waals surface area contributed by atoms with Crippen LogP contribution >= 0.6 is 0 Å². The molecule has 0 aliphatic heterocycles. The number of rotatable bonds is 6. The predicted octanol–water partition coefficient (Wildman–Crippen LogP) is 3.47. The molecule has 2 saturated carbocycles. The van der Waals surface area contributed by atoms with Gasteiger partial charge in [-0.25, -0.2) is 0 Å². The minimum Gasteiger partial charge on any atom is -0.348 e. The predicted molar refractivity (Wildman–Crippen MR) is 94.2 cm³/mol. The number of Topliss-reactive ketones (excluding diaryl/α,β-unsaturated/α-hetero) is 1. The number of ketones is 1. The van der Waals surface area contributed by atoms with Gasteiger partial charge >= 0.3 is 0 Å². The molecule has 0 spiro atoms. The molecule has 0 aromatic heterocycles. The number of carbonyl (C=O) groups is 2. The summed E-state index contributed by atoms with van der Waals surface area (Å²) in [4.78, 5) is 25.1. The van der Waals surface area contributed by atoms with Gasteiger partial charge in [-0.15, -0.1) is 0 Å². The van der Waals surface area contributed by atoms with Crippen LogP contribution in [-0.2, 0) is 4.79 Å². The minimum atomic E-state index is -0.795. The fraction of sp³-hybridized carbons (Fsp3) is 0.550. The van der Waals surface area contributed by atoms with Gasteiger partial charge in [-0.3, -0.25) is 9.59 Å². The van der Waals surface area contributed by atoms with E-state index in [2.05, 4.69) is 5.32 Å². The molecular weight excluding hydrogens is 300 g/mol. The lowest BCUT2D eigenvalue weighted by Gasteiger charge is -2.38. The summed E-state index contributed by atoms with van der Waals surface area (Å²) in [6.07, 6.45) is 4.68. The van der Waals surface area contributed by atoms with E-state index in [1.807, 2.05) is 25.1 Å². The first kappa shape index (κ1) is 16.9. The van der Waals surface area contributed by atoms with Crippen LogP contribution in [0.15, 0.2) is 30.3 Å². The lowest BCUT2D eigenvalue weighted by molar-refractivity contribution is -0.129. The van der Waals surface area contributed by atoms with Crippen LogP contribution in [0.4, 0.5) is 0 Å². The molecule has 1 aromatic carbocycles. The molecule has 1 aromatic rings. The molecule has 2 aliphatic carbocycles. The Bertz CT molecular complexity index is 655. The van der Waals surface area contributed by atoms with E-state index in [-0.39, 0.29) is 24.2 Å². The first-order chi connectivity index (χ1) is 11.4. The molecule has 4 heteroatoms. The first-order valence-corrected chi connectivity index (χ1v) is 8.85. The lowest BCUT2D eigenvalue weighted by Crippen LogP contribution is -2.50. The molecule has 2 fully saturated rings. The second kappa shape index (κ2) is 6.50. The molecule has 0 heterocycles. The highest BCUT2D eigenvalue weighted by atomic mass is 16.2. The Balaban J connectivity index is 1.69. The normalized spacial score (nSPS) is 27.5. The Hall–Kier alpha value is -1.97. The molecule has 128 valence electrons. The Morgan fingerprint density at radius 3 is 2.46 bits per heavy atom. The zero-order valence-electron chi connectivity index (χ0n) is 14.5. The molecule has 0 saturated heterocycles. The number of hydrogen-bond acceptors (Lipinski definition) is 3. The zero-order chi connectivity index (χ0) is 17.3. The van der Waals surface area contributed by atoms with Crippen LogP contribution in [0, 0.1) is 28.6 Å². The molecule has 1 amide bonds. The third kappa shape index (κ3) is 2.90. The number of fused-ring (bicyclic) bond motifs is 2. The van der Waals surface area contributed by atoms with Crippen LogP contribution in [0.3, 0.4) is 0 Å². The molecule has 3 unspecified atom stereocenters. The summed E-state index contributed by atoms with van der Waals surface area (Å²) in [5, 5.41) is 11.0. The van der Waals surface area contributed by atoms with Crippen molar-refractivity contribution in [3.63, 3.8) is 0 Å². The Labute approximate surface area is 143 Å². The third-order valence-electron chi connectivity index (χ3n) is 6.24. The van der Waals surface area contributed by atoms with Crippen molar-refractivity contribution in [1.82, 2.24) is 5.32 Å². The monoisotopic (exact) mass is 326 g/mol. The van der Waals surface area contributed by atoms with E-state index in [0.29, 0.717) is 17.2 Å². The average Bonchev–Trinajstić information content (AvgIpc) is 3.22. The molecule has 2 aliphatic rings. The molecule has 2 bridgehead atoms. The van der Waals surface area contributed by atoms with Gasteiger partial charge in [-0.1, -0.05) is 36.8 Å². The van der Waals surface area contributed by atoms with Crippen molar-refractivity contribution in [1.29, 1.82) is 5.41 Å². The van der Waals surface area contributed by atoms with Crippen LogP contribution in [0.2, 0.25) is 0 Å². The van der Waals surface area contributed by atoms with Gasteiger partial charge in [0.05, 0.1) is 12.0 Å². The van der Waals surface area contributed by atoms with Crippen LogP contribution in [0.1, 0.15) is 49.9 Å². The standard InChI is InChI=1S/C20H26N2O2/c1-13(21)20(2,17-11-14-8-9-16(17)10-14)19(24)22-12-18(23)15-6-4-3-5-7-15/h3-7,14,16-17,21H,8-12H2,1-2H3,(H,22,24)/t14?,16?,17?,20-/m1/s1. The fourth-order valence-electron chi connectivity index (χ4n) is 4.64. The van der Waals surface area contributed by atoms with Gasteiger partial charge in [-0.2, -0.15) is 0 Å². The SMILES string of the molecule is CC(=N)[C@@](C)(C(=O)NCC(=O)c1ccccc1)C1CC2CCC1C2. The summed E-state index contributed by atoms with van der Waals surface area (Å²) in [6.45, 7) is 3.61. The number of hydrogen-bond donors (Lipinski definition) is 2. The highest BCUT2D eigenvalue weighted by molar-refractivity contribution is 6.08. The van der Waals surface area contributed by atoms with Gasteiger partial charge in [0.1, 0.15) is 0 Å². The van der Waals surface area contributed by atoms with E-state index in [1.165, 1.54) is 19.3 Å². The molecule has 2 N–H and O–H groups in total. The third-order valence-corrected chi connectivity index (χ3v) is 6.24. The Morgan fingerprint density at radius 1 is 1.21 bits per heavy atom. The van der Waals surface area contributed by atoms with E-state index < -0.39 is 5.41 Å². The lowest BCUT2D eigenvalue weighted by atomic mass is 9.66. The summed E-state index contributed by atoms with van der Waals surface area (Å²) in [5.41, 5.74) is 0.215. The van der Waals surface area contributed by atoms with Gasteiger partial charge in [0.15, 0.2) is 5.78 Å². The number of benzene rings is 1. The highest BCUT2D eigenvalue weighted by Gasteiger charge is 2.52. The van der Waals surface area contributed by atoms with Crippen molar-refractivity contribution in [2.24, 2.45) is 23.2 Å². The van der Waals surface area contributed by atoms with Gasteiger partial charge in [0.25, 0.3) is 0 Å². The van der Waals surface area contributed by atoms with E-state index in [1.54, 1.807) is 19.1 Å². The van der Waals surface area contributed by atoms with E-state index in [0.717, 1.165) is 12.3 Å². The van der Waals surface area contributed by atoms with E-state index >= 15 is 0 Å². The van der Waals surface area contributed by atoms with Gasteiger partial charge in [0, 0.05) is 11.3 Å². The van der Waals surface area contributed by atoms with Crippen molar-refractivity contribution < 1.29 is 9.59 Å². The second-order valence-corrected chi connectivity index (χ2v) is 7.58. The first-order valence-electron chi connectivity index (χ1n) is 8.85. The summed E-state index contributed by atoms with van der Waals surface area (Å²) in [6, 6.07) is 9.00. The number of nitrogens with one attached hydrogen (secondary N) is 2. The van der Waals surface area contributed by atoms with Crippen molar-refractivity contribution in [2.45, 2.75) is 39.5 Å².